The first-order valence-corrected chi connectivity index (χ1v) is 5.57. The van der Waals surface area contributed by atoms with Gasteiger partial charge in [0, 0.05) is 0 Å². The lowest BCUT2D eigenvalue weighted by atomic mass is 10.4. The Bertz CT molecular complexity index is 124. The molecule has 0 N–H and O–H groups in total. The molecule has 5 heteroatoms. The highest BCUT2D eigenvalue weighted by molar-refractivity contribution is 6.63. The molecule has 0 nitrogen and oxygen atoms in total. The summed E-state index contributed by atoms with van der Waals surface area (Å²) >= 11 is 23.9. The molecule has 0 saturated heterocycles. The van der Waals surface area contributed by atoms with E-state index in [4.69, 9.17) is 58.0 Å². The molecule has 0 amide bonds. The minimum atomic E-state index is -0.750. The van der Waals surface area contributed by atoms with E-state index in [0.29, 0.717) is 0 Å². The maximum Gasteiger partial charge on any atom is 0.180 e. The van der Waals surface area contributed by atoms with E-state index in [1.165, 1.54) is 0 Å². The number of alkyl halides is 5. The van der Waals surface area contributed by atoms with Crippen molar-refractivity contribution in [1.82, 2.24) is 0 Å². The number of hydrogen-bond acceptors (Lipinski definition) is 0. The molecule has 0 heterocycles. The van der Waals surface area contributed by atoms with Gasteiger partial charge in [0.2, 0.25) is 0 Å². The molecule has 0 fully saturated rings. The normalized spacial score (nSPS) is 7.85. The van der Waals surface area contributed by atoms with Gasteiger partial charge < -0.3 is 0 Å². The summed E-state index contributed by atoms with van der Waals surface area (Å²) in [5.74, 6) is 0. The molecule has 1 aromatic carbocycles. The second-order valence-corrected chi connectivity index (χ2v) is 4.29. The van der Waals surface area contributed by atoms with Crippen LogP contribution < -0.4 is 0 Å². The quantitative estimate of drug-likeness (QED) is 0.581. The third kappa shape index (κ3) is 32.4. The first kappa shape index (κ1) is 16.1. The molecule has 0 unspecified atom stereocenters. The fourth-order valence-electron chi connectivity index (χ4n) is 0.385. The topological polar surface area (TPSA) is 0 Å². The average Bonchev–Trinajstić information content (AvgIpc) is 2.08. The van der Waals surface area contributed by atoms with Crippen molar-refractivity contribution in [3.8, 4) is 0 Å². The molecular weight excluding hydrogens is 273 g/mol. The van der Waals surface area contributed by atoms with Crippen LogP contribution in [0.3, 0.4) is 0 Å². The van der Waals surface area contributed by atoms with Crippen molar-refractivity contribution >= 4 is 58.0 Å². The maximum absolute atomic E-state index is 4.81. The lowest BCUT2D eigenvalue weighted by Crippen LogP contribution is -1.55. The van der Waals surface area contributed by atoms with Crippen LogP contribution in [0.25, 0.3) is 0 Å². The van der Waals surface area contributed by atoms with Gasteiger partial charge in [-0.05, 0) is 0 Å². The Kier molecular flexibility index (Phi) is 18.8. The van der Waals surface area contributed by atoms with Crippen LogP contribution in [0.4, 0.5) is 0 Å². The van der Waals surface area contributed by atoms with Gasteiger partial charge in [-0.1, -0.05) is 71.2 Å². The first-order chi connectivity index (χ1) is 6.15. The largest absolute Gasteiger partial charge is 0.180 e. The predicted octanol–water partition coefficient (Wildman–Crippen LogP) is 5.09. The van der Waals surface area contributed by atoms with E-state index in [-0.39, 0.29) is 5.34 Å². The Balaban J connectivity index is 0. The molecular formula is C8H9Cl5. The van der Waals surface area contributed by atoms with Crippen LogP contribution >= 0.6 is 58.0 Å². The zero-order chi connectivity index (χ0) is 10.5. The summed E-state index contributed by atoms with van der Waals surface area (Å²) in [4.78, 5) is 0. The highest BCUT2D eigenvalue weighted by Gasteiger charge is 1.78. The zero-order valence-corrected chi connectivity index (χ0v) is 10.4. The van der Waals surface area contributed by atoms with Crippen molar-refractivity contribution in [3.63, 3.8) is 0 Å². The molecule has 76 valence electrons. The van der Waals surface area contributed by atoms with Gasteiger partial charge in [-0.15, -0.1) is 23.2 Å². The van der Waals surface area contributed by atoms with E-state index in [1.807, 2.05) is 36.4 Å². The van der Waals surface area contributed by atoms with Crippen LogP contribution in [-0.4, -0.2) is 9.63 Å². The van der Waals surface area contributed by atoms with Crippen LogP contribution in [0.2, 0.25) is 0 Å². The second-order valence-electron chi connectivity index (χ2n) is 1.50. The predicted molar refractivity (Wildman–Crippen MR) is 64.4 cm³/mol. The molecule has 0 spiro atoms. The van der Waals surface area contributed by atoms with Gasteiger partial charge >= 0.3 is 0 Å². The molecule has 0 saturated carbocycles. The standard InChI is InChI=1S/C6H6.CHCl3.CH2Cl2/c1-2-4-6-5-3-1;2-1(3)4;2-1-3/h1-6H;1H;1H2. The van der Waals surface area contributed by atoms with Gasteiger partial charge in [-0.2, -0.15) is 0 Å². The van der Waals surface area contributed by atoms with Gasteiger partial charge in [0.1, 0.15) is 0 Å². The Labute approximate surface area is 104 Å². The molecule has 0 aliphatic rings. The van der Waals surface area contributed by atoms with Crippen LogP contribution in [0.15, 0.2) is 36.4 Å². The number of hydrogen-bond donors (Lipinski definition) is 0. The first-order valence-electron chi connectivity index (χ1n) is 3.19. The Hall–Kier alpha value is 0.670. The average molecular weight is 282 g/mol. The smallest absolute Gasteiger partial charge is 0.109 e. The van der Waals surface area contributed by atoms with Gasteiger partial charge in [-0.3, -0.25) is 0 Å². The van der Waals surface area contributed by atoms with Crippen molar-refractivity contribution in [2.24, 2.45) is 0 Å². The Morgan fingerprint density at radius 1 is 0.692 bits per heavy atom. The third-order valence-corrected chi connectivity index (χ3v) is 0.667. The summed E-state index contributed by atoms with van der Waals surface area (Å²) in [7, 11) is 0. The lowest BCUT2D eigenvalue weighted by Gasteiger charge is -1.69. The third-order valence-electron chi connectivity index (χ3n) is 0.667. The number of rotatable bonds is 0. The van der Waals surface area contributed by atoms with Gasteiger partial charge in [0.05, 0.1) is 5.34 Å². The van der Waals surface area contributed by atoms with Gasteiger partial charge in [-0.25, -0.2) is 0 Å². The SMILES string of the molecule is ClC(Cl)Cl.ClCCl.c1ccccc1. The highest BCUT2D eigenvalue weighted by atomic mass is 35.6. The van der Waals surface area contributed by atoms with Gasteiger partial charge in [0.25, 0.3) is 0 Å². The van der Waals surface area contributed by atoms with Crippen LogP contribution in [0.5, 0.6) is 0 Å². The van der Waals surface area contributed by atoms with E-state index in [9.17, 15) is 0 Å². The maximum atomic E-state index is 4.81. The van der Waals surface area contributed by atoms with Crippen LogP contribution in [0.1, 0.15) is 0 Å². The highest BCUT2D eigenvalue weighted by Crippen LogP contribution is 2.03. The van der Waals surface area contributed by atoms with Crippen molar-refractivity contribution < 1.29 is 0 Å². The molecule has 1 rings (SSSR count). The van der Waals surface area contributed by atoms with E-state index < -0.39 is 4.30 Å². The molecule has 0 bridgehead atoms. The van der Waals surface area contributed by atoms with Crippen molar-refractivity contribution in [1.29, 1.82) is 0 Å². The van der Waals surface area contributed by atoms with Gasteiger partial charge in [0.15, 0.2) is 4.30 Å². The fraction of sp³-hybridized carbons (Fsp3) is 0.250. The molecule has 0 aliphatic carbocycles. The minimum Gasteiger partial charge on any atom is -0.109 e. The van der Waals surface area contributed by atoms with E-state index in [1.54, 1.807) is 0 Å². The minimum absolute atomic E-state index is 0.194. The molecule has 1 aromatic rings. The zero-order valence-electron chi connectivity index (χ0n) is 6.64. The summed E-state index contributed by atoms with van der Waals surface area (Å²) in [5, 5.41) is 0.194. The molecule has 0 aliphatic heterocycles. The fourth-order valence-corrected chi connectivity index (χ4v) is 0.385. The molecule has 13 heavy (non-hydrogen) atoms. The van der Waals surface area contributed by atoms with Crippen LogP contribution in [-0.2, 0) is 0 Å². The summed E-state index contributed by atoms with van der Waals surface area (Å²) < 4.78 is -0.750. The second kappa shape index (κ2) is 15.2. The lowest BCUT2D eigenvalue weighted by molar-refractivity contribution is 1.72. The van der Waals surface area contributed by atoms with E-state index in [2.05, 4.69) is 0 Å². The van der Waals surface area contributed by atoms with Crippen molar-refractivity contribution in [2.45, 2.75) is 4.30 Å². The Morgan fingerprint density at radius 2 is 0.769 bits per heavy atom. The summed E-state index contributed by atoms with van der Waals surface area (Å²) in [6.45, 7) is 0. The molecule has 0 aromatic heterocycles. The Morgan fingerprint density at radius 3 is 0.846 bits per heavy atom. The summed E-state index contributed by atoms with van der Waals surface area (Å²) in [5.41, 5.74) is 0. The monoisotopic (exact) mass is 280 g/mol. The summed E-state index contributed by atoms with van der Waals surface area (Å²) in [6.07, 6.45) is 0. The molecule has 0 radical (unpaired) electrons. The van der Waals surface area contributed by atoms with Crippen LogP contribution in [0, 0.1) is 0 Å². The number of halogens is 5. The number of benzene rings is 1. The summed E-state index contributed by atoms with van der Waals surface area (Å²) in [6, 6.07) is 12.0. The molecule has 0 atom stereocenters. The van der Waals surface area contributed by atoms with Crippen molar-refractivity contribution in [2.75, 3.05) is 5.34 Å². The van der Waals surface area contributed by atoms with E-state index >= 15 is 0 Å². The van der Waals surface area contributed by atoms with E-state index in [0.717, 1.165) is 0 Å². The van der Waals surface area contributed by atoms with Crippen molar-refractivity contribution in [3.05, 3.63) is 36.4 Å².